The van der Waals surface area contributed by atoms with Gasteiger partial charge in [-0.25, -0.2) is 0 Å². The van der Waals surface area contributed by atoms with Gasteiger partial charge in [-0.1, -0.05) is 11.6 Å². The fraction of sp³-hybridized carbons (Fsp3) is 0. The van der Waals surface area contributed by atoms with E-state index in [4.69, 9.17) is 23.2 Å². The second-order valence-electron chi connectivity index (χ2n) is 2.70. The first kappa shape index (κ1) is 9.37. The fourth-order valence-corrected chi connectivity index (χ4v) is 1.46. The third-order valence-electron chi connectivity index (χ3n) is 1.82. The Morgan fingerprint density at radius 3 is 2.86 bits per heavy atom. The normalized spacial score (nSPS) is 10.4. The van der Waals surface area contributed by atoms with Crippen LogP contribution in [0.5, 0.6) is 0 Å². The number of nitrogens with zero attached hydrogens (tertiary/aromatic N) is 2. The lowest BCUT2D eigenvalue weighted by atomic mass is 10.1. The number of carbonyl (C=O) groups is 1. The van der Waals surface area contributed by atoms with Crippen LogP contribution < -0.4 is 0 Å². The second kappa shape index (κ2) is 3.52. The van der Waals surface area contributed by atoms with E-state index in [1.165, 1.54) is 6.20 Å². The molecular formula is C9H4Cl2N2O. The lowest BCUT2D eigenvalue weighted by Crippen LogP contribution is -1.90. The highest BCUT2D eigenvalue weighted by Crippen LogP contribution is 2.21. The number of hydrogen-bond acceptors (Lipinski definition) is 3. The SMILES string of the molecule is O=C(Cl)c1ccc2nncc(Cl)c2c1. The average Bonchev–Trinajstić information content (AvgIpc) is 2.18. The highest BCUT2D eigenvalue weighted by atomic mass is 35.5. The minimum atomic E-state index is -0.514. The van der Waals surface area contributed by atoms with Gasteiger partial charge in [0, 0.05) is 10.9 Å². The van der Waals surface area contributed by atoms with Crippen molar-refractivity contribution >= 4 is 39.3 Å². The van der Waals surface area contributed by atoms with Crippen molar-refractivity contribution in [3.63, 3.8) is 0 Å². The molecule has 1 heterocycles. The number of halogens is 2. The summed E-state index contributed by atoms with van der Waals surface area (Å²) in [5, 5.41) is 8.15. The zero-order chi connectivity index (χ0) is 10.1. The summed E-state index contributed by atoms with van der Waals surface area (Å²) in [5.41, 5.74) is 1.04. The van der Waals surface area contributed by atoms with Gasteiger partial charge in [-0.2, -0.15) is 10.2 Å². The van der Waals surface area contributed by atoms with Crippen molar-refractivity contribution in [1.29, 1.82) is 0 Å². The minimum Gasteiger partial charge on any atom is -0.276 e. The van der Waals surface area contributed by atoms with Gasteiger partial charge in [0.05, 0.1) is 16.7 Å². The maximum atomic E-state index is 10.9. The quantitative estimate of drug-likeness (QED) is 0.703. The summed E-state index contributed by atoms with van der Waals surface area (Å²) in [6.07, 6.45) is 1.42. The summed E-state index contributed by atoms with van der Waals surface area (Å²) in [6, 6.07) is 4.84. The molecule has 0 saturated carbocycles. The number of rotatable bonds is 1. The van der Waals surface area contributed by atoms with Crippen molar-refractivity contribution in [3.05, 3.63) is 35.0 Å². The van der Waals surface area contributed by atoms with Crippen molar-refractivity contribution in [2.45, 2.75) is 0 Å². The number of fused-ring (bicyclic) bond motifs is 1. The van der Waals surface area contributed by atoms with Crippen LogP contribution in [0.15, 0.2) is 24.4 Å². The molecule has 0 saturated heterocycles. The van der Waals surface area contributed by atoms with Gasteiger partial charge in [0.1, 0.15) is 0 Å². The molecule has 0 N–H and O–H groups in total. The van der Waals surface area contributed by atoms with Gasteiger partial charge in [-0.15, -0.1) is 0 Å². The maximum absolute atomic E-state index is 10.9. The van der Waals surface area contributed by atoms with E-state index < -0.39 is 5.24 Å². The van der Waals surface area contributed by atoms with E-state index in [-0.39, 0.29) is 0 Å². The van der Waals surface area contributed by atoms with Crippen LogP contribution in [-0.4, -0.2) is 15.4 Å². The third-order valence-corrected chi connectivity index (χ3v) is 2.34. The van der Waals surface area contributed by atoms with Gasteiger partial charge in [0.15, 0.2) is 0 Å². The Morgan fingerprint density at radius 2 is 2.14 bits per heavy atom. The van der Waals surface area contributed by atoms with Crippen LogP contribution in [0.3, 0.4) is 0 Å². The number of benzene rings is 1. The molecule has 0 fully saturated rings. The fourth-order valence-electron chi connectivity index (χ4n) is 1.15. The van der Waals surface area contributed by atoms with E-state index in [1.807, 2.05) is 0 Å². The summed E-state index contributed by atoms with van der Waals surface area (Å²) in [7, 11) is 0. The van der Waals surface area contributed by atoms with Crippen molar-refractivity contribution in [3.8, 4) is 0 Å². The van der Waals surface area contributed by atoms with Crippen LogP contribution in [0.4, 0.5) is 0 Å². The molecule has 1 aromatic carbocycles. The van der Waals surface area contributed by atoms with Gasteiger partial charge < -0.3 is 0 Å². The molecule has 0 aliphatic rings. The lowest BCUT2D eigenvalue weighted by molar-refractivity contribution is 0.108. The van der Waals surface area contributed by atoms with Crippen molar-refractivity contribution in [2.24, 2.45) is 0 Å². The van der Waals surface area contributed by atoms with E-state index in [1.54, 1.807) is 18.2 Å². The third kappa shape index (κ3) is 1.56. The monoisotopic (exact) mass is 226 g/mol. The predicted molar refractivity (Wildman–Crippen MR) is 54.7 cm³/mol. The number of hydrogen-bond donors (Lipinski definition) is 0. The first-order valence-electron chi connectivity index (χ1n) is 3.79. The summed E-state index contributed by atoms with van der Waals surface area (Å²) in [5.74, 6) is 0. The molecule has 0 radical (unpaired) electrons. The molecule has 2 aromatic rings. The van der Waals surface area contributed by atoms with E-state index in [2.05, 4.69) is 10.2 Å². The highest BCUT2D eigenvalue weighted by molar-refractivity contribution is 6.67. The van der Waals surface area contributed by atoms with E-state index >= 15 is 0 Å². The largest absolute Gasteiger partial charge is 0.276 e. The standard InChI is InChI=1S/C9H4Cl2N2O/c10-7-4-12-13-8-2-1-5(9(11)14)3-6(7)8/h1-4H. The lowest BCUT2D eigenvalue weighted by Gasteiger charge is -1.99. The zero-order valence-electron chi connectivity index (χ0n) is 6.87. The van der Waals surface area contributed by atoms with Gasteiger partial charge in [0.2, 0.25) is 0 Å². The summed E-state index contributed by atoms with van der Waals surface area (Å²) < 4.78 is 0. The molecule has 0 unspecified atom stereocenters. The molecule has 2 rings (SSSR count). The second-order valence-corrected chi connectivity index (χ2v) is 3.45. The minimum absolute atomic E-state index is 0.397. The number of carbonyl (C=O) groups excluding carboxylic acids is 1. The Kier molecular flexibility index (Phi) is 2.35. The zero-order valence-corrected chi connectivity index (χ0v) is 8.38. The molecule has 5 heteroatoms. The molecule has 0 atom stereocenters. The van der Waals surface area contributed by atoms with Gasteiger partial charge in [-0.3, -0.25) is 4.79 Å². The molecule has 3 nitrogen and oxygen atoms in total. The van der Waals surface area contributed by atoms with Crippen molar-refractivity contribution < 1.29 is 4.79 Å². The van der Waals surface area contributed by atoms with Gasteiger partial charge >= 0.3 is 0 Å². The van der Waals surface area contributed by atoms with Crippen LogP contribution in [0.1, 0.15) is 10.4 Å². The van der Waals surface area contributed by atoms with E-state index in [9.17, 15) is 4.79 Å². The molecule has 0 bridgehead atoms. The molecule has 0 aliphatic carbocycles. The van der Waals surface area contributed by atoms with Crippen LogP contribution in [0.25, 0.3) is 10.9 Å². The van der Waals surface area contributed by atoms with Crippen LogP contribution in [-0.2, 0) is 0 Å². The first-order chi connectivity index (χ1) is 6.68. The van der Waals surface area contributed by atoms with Gasteiger partial charge in [0.25, 0.3) is 5.24 Å². The molecule has 70 valence electrons. The van der Waals surface area contributed by atoms with E-state index in [0.717, 1.165) is 0 Å². The molecule has 0 spiro atoms. The summed E-state index contributed by atoms with van der Waals surface area (Å²) in [4.78, 5) is 10.9. The van der Waals surface area contributed by atoms with Crippen LogP contribution in [0, 0.1) is 0 Å². The van der Waals surface area contributed by atoms with Crippen LogP contribution >= 0.6 is 23.2 Å². The Balaban J connectivity index is 2.76. The molecule has 14 heavy (non-hydrogen) atoms. The Labute approximate surface area is 89.7 Å². The van der Waals surface area contributed by atoms with Crippen molar-refractivity contribution in [1.82, 2.24) is 10.2 Å². The predicted octanol–water partition coefficient (Wildman–Crippen LogP) is 2.66. The molecular weight excluding hydrogens is 223 g/mol. The van der Waals surface area contributed by atoms with E-state index in [0.29, 0.717) is 21.5 Å². The van der Waals surface area contributed by atoms with Crippen LogP contribution in [0.2, 0.25) is 5.02 Å². The smallest absolute Gasteiger partial charge is 0.252 e. The first-order valence-corrected chi connectivity index (χ1v) is 4.55. The molecule has 1 aromatic heterocycles. The Bertz CT molecular complexity index is 513. The number of aromatic nitrogens is 2. The Hall–Kier alpha value is -1.19. The van der Waals surface area contributed by atoms with Gasteiger partial charge in [-0.05, 0) is 29.8 Å². The highest BCUT2D eigenvalue weighted by Gasteiger charge is 2.05. The Morgan fingerprint density at radius 1 is 1.36 bits per heavy atom. The van der Waals surface area contributed by atoms with Crippen molar-refractivity contribution in [2.75, 3.05) is 0 Å². The summed E-state index contributed by atoms with van der Waals surface area (Å²) in [6.45, 7) is 0. The molecule has 0 aliphatic heterocycles. The topological polar surface area (TPSA) is 42.9 Å². The average molecular weight is 227 g/mol. The summed E-state index contributed by atoms with van der Waals surface area (Å²) >= 11 is 11.2. The molecule has 0 amide bonds. The maximum Gasteiger partial charge on any atom is 0.252 e.